The highest BCUT2D eigenvalue weighted by atomic mass is 79.9. The molecule has 1 aromatic heterocycles. The fraction of sp³-hybridized carbons (Fsp3) is 0.0714. The fourth-order valence-electron chi connectivity index (χ4n) is 1.44. The van der Waals surface area contributed by atoms with Crippen molar-refractivity contribution >= 4 is 27.7 Å². The summed E-state index contributed by atoms with van der Waals surface area (Å²) in [7, 11) is 0. The zero-order valence-electron chi connectivity index (χ0n) is 10.9. The molecule has 0 radical (unpaired) electrons. The molecule has 0 fully saturated rings. The third-order valence-electron chi connectivity index (χ3n) is 2.41. The molecule has 6 nitrogen and oxygen atoms in total. The van der Waals surface area contributed by atoms with E-state index in [9.17, 15) is 9.59 Å². The molecule has 0 unspecified atom stereocenters. The molecule has 0 aliphatic rings. The van der Waals surface area contributed by atoms with E-state index in [2.05, 4.69) is 31.8 Å². The molecule has 0 spiro atoms. The normalized spacial score (nSPS) is 9.76. The number of benzene rings is 1. The summed E-state index contributed by atoms with van der Waals surface area (Å²) in [4.78, 5) is 27.0. The summed E-state index contributed by atoms with van der Waals surface area (Å²) in [5, 5.41) is 0. The third-order valence-corrected chi connectivity index (χ3v) is 2.90. The lowest BCUT2D eigenvalue weighted by Crippen LogP contribution is -2.43. The molecular weight excluding hydrogens is 338 g/mol. The number of carbonyl (C=O) groups is 2. The van der Waals surface area contributed by atoms with Crippen LogP contribution in [0, 0.1) is 0 Å². The van der Waals surface area contributed by atoms with Crippen LogP contribution in [0.5, 0.6) is 5.75 Å². The van der Waals surface area contributed by atoms with Gasteiger partial charge >= 0.3 is 0 Å². The Morgan fingerprint density at radius 2 is 2.05 bits per heavy atom. The number of carbonyl (C=O) groups excluding carboxylic acids is 2. The Kier molecular flexibility index (Phi) is 5.28. The van der Waals surface area contributed by atoms with Gasteiger partial charge in [-0.05, 0) is 30.3 Å². The number of nitrogens with one attached hydrogen (secondary N) is 2. The van der Waals surface area contributed by atoms with E-state index in [-0.39, 0.29) is 6.61 Å². The number of halogens is 1. The number of hydrogen-bond donors (Lipinski definition) is 2. The van der Waals surface area contributed by atoms with Crippen LogP contribution in [0.4, 0.5) is 0 Å². The third kappa shape index (κ3) is 4.88. The van der Waals surface area contributed by atoms with Crippen molar-refractivity contribution < 1.29 is 14.3 Å². The van der Waals surface area contributed by atoms with Crippen molar-refractivity contribution in [2.24, 2.45) is 0 Å². The predicted octanol–water partition coefficient (Wildman–Crippen LogP) is 1.68. The van der Waals surface area contributed by atoms with Crippen LogP contribution in [0.3, 0.4) is 0 Å². The number of rotatable bonds is 4. The van der Waals surface area contributed by atoms with Crippen LogP contribution in [0.15, 0.2) is 53.3 Å². The van der Waals surface area contributed by atoms with E-state index in [1.165, 1.54) is 6.20 Å². The molecule has 2 N–H and O–H groups in total. The highest BCUT2D eigenvalue weighted by Gasteiger charge is 2.07. The Balaban J connectivity index is 1.76. The van der Waals surface area contributed by atoms with E-state index in [1.54, 1.807) is 36.5 Å². The van der Waals surface area contributed by atoms with Crippen molar-refractivity contribution in [2.75, 3.05) is 6.61 Å². The second kappa shape index (κ2) is 7.39. The molecule has 0 saturated carbocycles. The summed E-state index contributed by atoms with van der Waals surface area (Å²) in [6, 6.07) is 10.3. The van der Waals surface area contributed by atoms with E-state index >= 15 is 0 Å². The van der Waals surface area contributed by atoms with Gasteiger partial charge in [-0.3, -0.25) is 25.4 Å². The van der Waals surface area contributed by atoms with Gasteiger partial charge in [-0.25, -0.2) is 0 Å². The first kappa shape index (κ1) is 15.0. The SMILES string of the molecule is O=C(COc1cccc(Br)c1)NNC(=O)c1cccnc1. The first-order chi connectivity index (χ1) is 10.1. The molecule has 2 aromatic rings. The van der Waals surface area contributed by atoms with Gasteiger partial charge in [-0.1, -0.05) is 22.0 Å². The van der Waals surface area contributed by atoms with Crippen molar-refractivity contribution in [3.63, 3.8) is 0 Å². The van der Waals surface area contributed by atoms with Crippen LogP contribution in [0.1, 0.15) is 10.4 Å². The van der Waals surface area contributed by atoms with Gasteiger partial charge in [0.25, 0.3) is 11.8 Å². The van der Waals surface area contributed by atoms with Crippen LogP contribution in [0.25, 0.3) is 0 Å². The number of ether oxygens (including phenoxy) is 1. The van der Waals surface area contributed by atoms with Crippen molar-refractivity contribution in [3.8, 4) is 5.75 Å². The van der Waals surface area contributed by atoms with Gasteiger partial charge in [0.2, 0.25) is 0 Å². The Morgan fingerprint density at radius 3 is 2.76 bits per heavy atom. The molecule has 108 valence electrons. The minimum absolute atomic E-state index is 0.205. The minimum atomic E-state index is -0.466. The standard InChI is InChI=1S/C14H12BrN3O3/c15-11-4-1-5-12(7-11)21-9-13(19)17-18-14(20)10-3-2-6-16-8-10/h1-8H,9H2,(H,17,19)(H,18,20). The average molecular weight is 350 g/mol. The van der Waals surface area contributed by atoms with Gasteiger partial charge in [0.1, 0.15) is 5.75 Å². The van der Waals surface area contributed by atoms with Crippen LogP contribution < -0.4 is 15.6 Å². The maximum Gasteiger partial charge on any atom is 0.276 e. The highest BCUT2D eigenvalue weighted by Crippen LogP contribution is 2.17. The molecule has 1 heterocycles. The van der Waals surface area contributed by atoms with Gasteiger partial charge < -0.3 is 4.74 Å². The minimum Gasteiger partial charge on any atom is -0.484 e. The number of aromatic nitrogens is 1. The van der Waals surface area contributed by atoms with Gasteiger partial charge in [0.05, 0.1) is 5.56 Å². The van der Waals surface area contributed by atoms with Crippen molar-refractivity contribution in [1.82, 2.24) is 15.8 Å². The molecule has 2 rings (SSSR count). The smallest absolute Gasteiger partial charge is 0.276 e. The quantitative estimate of drug-likeness (QED) is 0.823. The van der Waals surface area contributed by atoms with Gasteiger partial charge in [0, 0.05) is 16.9 Å². The summed E-state index contributed by atoms with van der Waals surface area (Å²) in [6.45, 7) is -0.205. The number of hydrogen-bond acceptors (Lipinski definition) is 4. The molecule has 7 heteroatoms. The first-order valence-corrected chi connectivity index (χ1v) is 6.82. The molecule has 0 bridgehead atoms. The van der Waals surface area contributed by atoms with Crippen LogP contribution in [-0.4, -0.2) is 23.4 Å². The van der Waals surface area contributed by atoms with Gasteiger partial charge in [0.15, 0.2) is 6.61 Å². The Hall–Kier alpha value is -2.41. The van der Waals surface area contributed by atoms with Crippen molar-refractivity contribution in [1.29, 1.82) is 0 Å². The summed E-state index contributed by atoms with van der Waals surface area (Å²) >= 11 is 3.30. The van der Waals surface area contributed by atoms with Crippen LogP contribution in [-0.2, 0) is 4.79 Å². The largest absolute Gasteiger partial charge is 0.484 e. The zero-order chi connectivity index (χ0) is 15.1. The summed E-state index contributed by atoms with van der Waals surface area (Å²) in [5.41, 5.74) is 4.89. The molecule has 0 aliphatic heterocycles. The predicted molar refractivity (Wildman–Crippen MR) is 79.5 cm³/mol. The first-order valence-electron chi connectivity index (χ1n) is 6.03. The van der Waals surface area contributed by atoms with Crippen LogP contribution >= 0.6 is 15.9 Å². The van der Waals surface area contributed by atoms with Crippen molar-refractivity contribution in [3.05, 3.63) is 58.8 Å². The van der Waals surface area contributed by atoms with E-state index < -0.39 is 11.8 Å². The molecular formula is C14H12BrN3O3. The van der Waals surface area contributed by atoms with E-state index in [1.807, 2.05) is 6.07 Å². The maximum atomic E-state index is 11.7. The lowest BCUT2D eigenvalue weighted by atomic mass is 10.3. The highest BCUT2D eigenvalue weighted by molar-refractivity contribution is 9.10. The molecule has 2 amide bonds. The van der Waals surface area contributed by atoms with Crippen molar-refractivity contribution in [2.45, 2.75) is 0 Å². The average Bonchev–Trinajstić information content (AvgIpc) is 2.51. The molecule has 0 aliphatic carbocycles. The second-order valence-corrected chi connectivity index (χ2v) is 4.91. The van der Waals surface area contributed by atoms with E-state index in [4.69, 9.17) is 4.74 Å². The number of hydrazine groups is 1. The van der Waals surface area contributed by atoms with Gasteiger partial charge in [-0.15, -0.1) is 0 Å². The van der Waals surface area contributed by atoms with Crippen LogP contribution in [0.2, 0.25) is 0 Å². The van der Waals surface area contributed by atoms with Gasteiger partial charge in [-0.2, -0.15) is 0 Å². The lowest BCUT2D eigenvalue weighted by molar-refractivity contribution is -0.123. The number of pyridine rings is 1. The molecule has 0 saturated heterocycles. The van der Waals surface area contributed by atoms with E-state index in [0.29, 0.717) is 11.3 Å². The zero-order valence-corrected chi connectivity index (χ0v) is 12.5. The number of amides is 2. The Bertz CT molecular complexity index is 634. The lowest BCUT2D eigenvalue weighted by Gasteiger charge is -2.08. The molecule has 1 aromatic carbocycles. The Morgan fingerprint density at radius 1 is 1.19 bits per heavy atom. The summed E-state index contributed by atoms with van der Waals surface area (Å²) in [5.74, 6) is -0.357. The maximum absolute atomic E-state index is 11.7. The number of nitrogens with zero attached hydrogens (tertiary/aromatic N) is 1. The fourth-order valence-corrected chi connectivity index (χ4v) is 1.82. The summed E-state index contributed by atoms with van der Waals surface area (Å²) in [6.07, 6.45) is 2.96. The second-order valence-electron chi connectivity index (χ2n) is 3.99. The topological polar surface area (TPSA) is 80.3 Å². The monoisotopic (exact) mass is 349 g/mol. The molecule has 21 heavy (non-hydrogen) atoms. The molecule has 0 atom stereocenters. The van der Waals surface area contributed by atoms with E-state index in [0.717, 1.165) is 4.47 Å². The Labute approximate surface area is 129 Å². The summed E-state index contributed by atoms with van der Waals surface area (Å²) < 4.78 is 6.13.